The van der Waals surface area contributed by atoms with E-state index in [1.54, 1.807) is 6.07 Å². The van der Waals surface area contributed by atoms with Gasteiger partial charge in [0, 0.05) is 24.9 Å². The Morgan fingerprint density at radius 3 is 2.92 bits per heavy atom. The van der Waals surface area contributed by atoms with Gasteiger partial charge in [0.05, 0.1) is 17.5 Å². The second-order valence-electron chi connectivity index (χ2n) is 5.63. The number of fused-ring (bicyclic) bond motifs is 1. The number of hydrogen-bond acceptors (Lipinski definition) is 4. The number of ether oxygens (including phenoxy) is 1. The highest BCUT2D eigenvalue weighted by molar-refractivity contribution is 7.12. The van der Waals surface area contributed by atoms with Crippen LogP contribution in [0.2, 0.25) is 0 Å². The molecule has 0 spiro atoms. The molecule has 0 fully saturated rings. The van der Waals surface area contributed by atoms with Gasteiger partial charge >= 0.3 is 0 Å². The summed E-state index contributed by atoms with van der Waals surface area (Å²) in [6.07, 6.45) is 1.79. The van der Waals surface area contributed by atoms with Crippen LogP contribution in [0.5, 0.6) is 5.75 Å². The van der Waals surface area contributed by atoms with Crippen molar-refractivity contribution < 1.29 is 14.3 Å². The van der Waals surface area contributed by atoms with Crippen LogP contribution in [-0.2, 0) is 4.79 Å². The second-order valence-corrected chi connectivity index (χ2v) is 6.58. The number of carbonyl (C=O) groups excluding carboxylic acids is 2. The van der Waals surface area contributed by atoms with Crippen molar-refractivity contribution in [1.82, 2.24) is 10.6 Å². The third-order valence-corrected chi connectivity index (χ3v) is 4.77. The summed E-state index contributed by atoms with van der Waals surface area (Å²) in [4.78, 5) is 24.6. The van der Waals surface area contributed by atoms with E-state index < -0.39 is 0 Å². The van der Waals surface area contributed by atoms with E-state index in [-0.39, 0.29) is 17.9 Å². The molecule has 1 aliphatic heterocycles. The van der Waals surface area contributed by atoms with Gasteiger partial charge in [0.15, 0.2) is 0 Å². The standard InChI is InChI=1S/C18H20N2O3S/c21-17(8-3-10-19-18(22)16-7-4-12-24-16)20-14-9-11-23-15-6-2-1-5-13(14)15/h1-2,4-7,12,14H,3,8-11H2,(H,19,22)(H,20,21). The van der Waals surface area contributed by atoms with Gasteiger partial charge in [0.2, 0.25) is 5.91 Å². The summed E-state index contributed by atoms with van der Waals surface area (Å²) in [6.45, 7) is 1.10. The van der Waals surface area contributed by atoms with Gasteiger partial charge in [-0.3, -0.25) is 9.59 Å². The second kappa shape index (κ2) is 7.97. The maximum absolute atomic E-state index is 12.1. The lowest BCUT2D eigenvalue weighted by Crippen LogP contribution is -2.32. The molecular weight excluding hydrogens is 324 g/mol. The van der Waals surface area contributed by atoms with Crippen molar-refractivity contribution >= 4 is 23.2 Å². The van der Waals surface area contributed by atoms with Crippen molar-refractivity contribution in [2.24, 2.45) is 0 Å². The summed E-state index contributed by atoms with van der Waals surface area (Å²) in [7, 11) is 0. The molecule has 2 amide bonds. The Morgan fingerprint density at radius 1 is 1.21 bits per heavy atom. The molecule has 0 radical (unpaired) electrons. The molecule has 2 heterocycles. The molecule has 1 atom stereocenters. The molecule has 1 aromatic heterocycles. The molecule has 6 heteroatoms. The van der Waals surface area contributed by atoms with Crippen LogP contribution >= 0.6 is 11.3 Å². The van der Waals surface area contributed by atoms with E-state index in [1.807, 2.05) is 35.7 Å². The summed E-state index contributed by atoms with van der Waals surface area (Å²) in [5, 5.41) is 7.76. The summed E-state index contributed by atoms with van der Waals surface area (Å²) < 4.78 is 5.60. The fourth-order valence-electron chi connectivity index (χ4n) is 2.70. The van der Waals surface area contributed by atoms with Gasteiger partial charge in [0.25, 0.3) is 5.91 Å². The molecule has 24 heavy (non-hydrogen) atoms. The molecule has 3 rings (SSSR count). The van der Waals surface area contributed by atoms with Gasteiger partial charge in [-0.1, -0.05) is 24.3 Å². The lowest BCUT2D eigenvalue weighted by Gasteiger charge is -2.26. The summed E-state index contributed by atoms with van der Waals surface area (Å²) >= 11 is 1.41. The zero-order valence-electron chi connectivity index (χ0n) is 13.3. The minimum absolute atomic E-state index is 0.00192. The fraction of sp³-hybridized carbons (Fsp3) is 0.333. The first kappa shape index (κ1) is 16.5. The summed E-state index contributed by atoms with van der Waals surface area (Å²) in [5.74, 6) is 0.767. The number of hydrogen-bond donors (Lipinski definition) is 2. The monoisotopic (exact) mass is 344 g/mol. The highest BCUT2D eigenvalue weighted by Crippen LogP contribution is 2.31. The van der Waals surface area contributed by atoms with Gasteiger partial charge < -0.3 is 15.4 Å². The maximum Gasteiger partial charge on any atom is 0.261 e. The van der Waals surface area contributed by atoms with E-state index in [1.165, 1.54) is 11.3 Å². The Morgan fingerprint density at radius 2 is 2.08 bits per heavy atom. The summed E-state index contributed by atoms with van der Waals surface area (Å²) in [5.41, 5.74) is 1.03. The number of nitrogens with one attached hydrogen (secondary N) is 2. The zero-order valence-corrected chi connectivity index (χ0v) is 14.1. The quantitative estimate of drug-likeness (QED) is 0.792. The third kappa shape index (κ3) is 4.14. The van der Waals surface area contributed by atoms with Crippen LogP contribution in [0.4, 0.5) is 0 Å². The highest BCUT2D eigenvalue weighted by atomic mass is 32.1. The molecule has 2 aromatic rings. The smallest absolute Gasteiger partial charge is 0.261 e. The Bertz CT molecular complexity index is 700. The SMILES string of the molecule is O=C(CCCNC(=O)c1cccs1)NC1CCOc2ccccc21. The zero-order chi connectivity index (χ0) is 16.8. The maximum atomic E-state index is 12.1. The predicted octanol–water partition coefficient (Wildman–Crippen LogP) is 2.90. The van der Waals surface area contributed by atoms with Gasteiger partial charge in [-0.2, -0.15) is 0 Å². The van der Waals surface area contributed by atoms with E-state index in [2.05, 4.69) is 10.6 Å². The predicted molar refractivity (Wildman–Crippen MR) is 93.3 cm³/mol. The van der Waals surface area contributed by atoms with Crippen LogP contribution in [-0.4, -0.2) is 25.0 Å². The van der Waals surface area contributed by atoms with Crippen LogP contribution < -0.4 is 15.4 Å². The summed E-state index contributed by atoms with van der Waals surface area (Å²) in [6, 6.07) is 11.4. The Labute approximate surface area is 145 Å². The number of carbonyl (C=O) groups is 2. The first-order valence-electron chi connectivity index (χ1n) is 8.07. The van der Waals surface area contributed by atoms with E-state index >= 15 is 0 Å². The molecule has 1 aromatic carbocycles. The van der Waals surface area contributed by atoms with Crippen LogP contribution in [0.3, 0.4) is 0 Å². The molecule has 1 aliphatic rings. The van der Waals surface area contributed by atoms with Gasteiger partial charge in [0.1, 0.15) is 5.75 Å². The lowest BCUT2D eigenvalue weighted by molar-refractivity contribution is -0.122. The van der Waals surface area contributed by atoms with E-state index in [0.717, 1.165) is 17.7 Å². The van der Waals surface area contributed by atoms with Crippen LogP contribution in [0.15, 0.2) is 41.8 Å². The number of para-hydroxylation sites is 1. The third-order valence-electron chi connectivity index (χ3n) is 3.90. The molecule has 0 saturated heterocycles. The first-order valence-corrected chi connectivity index (χ1v) is 8.95. The van der Waals surface area contributed by atoms with E-state index in [4.69, 9.17) is 4.74 Å². The van der Waals surface area contributed by atoms with Crippen molar-refractivity contribution in [2.45, 2.75) is 25.3 Å². The molecule has 0 saturated carbocycles. The van der Waals surface area contributed by atoms with Crippen molar-refractivity contribution in [3.8, 4) is 5.75 Å². The van der Waals surface area contributed by atoms with Crippen molar-refractivity contribution in [3.63, 3.8) is 0 Å². The van der Waals surface area contributed by atoms with Gasteiger partial charge in [-0.25, -0.2) is 0 Å². The van der Waals surface area contributed by atoms with Crippen LogP contribution in [0.25, 0.3) is 0 Å². The average Bonchev–Trinajstić information content (AvgIpc) is 3.14. The van der Waals surface area contributed by atoms with Gasteiger partial charge in [-0.05, 0) is 23.9 Å². The average molecular weight is 344 g/mol. The topological polar surface area (TPSA) is 67.4 Å². The van der Waals surface area contributed by atoms with E-state index in [9.17, 15) is 9.59 Å². The molecule has 126 valence electrons. The number of rotatable bonds is 6. The van der Waals surface area contributed by atoms with Gasteiger partial charge in [-0.15, -0.1) is 11.3 Å². The highest BCUT2D eigenvalue weighted by Gasteiger charge is 2.22. The minimum atomic E-state index is -0.0798. The van der Waals surface area contributed by atoms with Crippen molar-refractivity contribution in [2.75, 3.05) is 13.2 Å². The Kier molecular flexibility index (Phi) is 5.48. The van der Waals surface area contributed by atoms with E-state index in [0.29, 0.717) is 30.9 Å². The lowest BCUT2D eigenvalue weighted by atomic mass is 10.0. The van der Waals surface area contributed by atoms with Crippen LogP contribution in [0.1, 0.15) is 40.5 Å². The Hall–Kier alpha value is -2.34. The number of benzene rings is 1. The molecule has 0 aliphatic carbocycles. The van der Waals surface area contributed by atoms with Crippen molar-refractivity contribution in [3.05, 3.63) is 52.2 Å². The minimum Gasteiger partial charge on any atom is -0.493 e. The normalized spacial score (nSPS) is 15.9. The Balaban J connectivity index is 1.41. The molecule has 5 nitrogen and oxygen atoms in total. The van der Waals surface area contributed by atoms with Crippen molar-refractivity contribution in [1.29, 1.82) is 0 Å². The van der Waals surface area contributed by atoms with Crippen LogP contribution in [0, 0.1) is 0 Å². The molecule has 0 bridgehead atoms. The first-order chi connectivity index (χ1) is 11.7. The number of amides is 2. The molecule has 2 N–H and O–H groups in total. The molecule has 1 unspecified atom stereocenters. The number of thiophene rings is 1. The fourth-order valence-corrected chi connectivity index (χ4v) is 3.34. The largest absolute Gasteiger partial charge is 0.493 e. The molecular formula is C18H20N2O3S.